The van der Waals surface area contributed by atoms with Crippen molar-refractivity contribution in [1.29, 1.82) is 0 Å². The van der Waals surface area contributed by atoms with Crippen LogP contribution in [0.3, 0.4) is 0 Å². The van der Waals surface area contributed by atoms with Gasteiger partial charge in [-0.2, -0.15) is 0 Å². The molecule has 90 valence electrons. The van der Waals surface area contributed by atoms with E-state index >= 15 is 0 Å². The van der Waals surface area contributed by atoms with Crippen molar-refractivity contribution in [3.63, 3.8) is 0 Å². The molecule has 0 aliphatic heterocycles. The summed E-state index contributed by atoms with van der Waals surface area (Å²) < 4.78 is 1.25. The average Bonchev–Trinajstić information content (AvgIpc) is 2.18. The quantitative estimate of drug-likeness (QED) is 0.798. The van der Waals surface area contributed by atoms with E-state index in [1.807, 2.05) is 0 Å². The van der Waals surface area contributed by atoms with Crippen molar-refractivity contribution in [2.24, 2.45) is 0 Å². The molecule has 17 heavy (non-hydrogen) atoms. The van der Waals surface area contributed by atoms with Gasteiger partial charge in [0.05, 0.1) is 0 Å². The SMILES string of the molecule is C[C](=[Ti+2])Nc1c(C(C)C)cc(C)cc1C(C)C. The number of hydrogen-bond acceptors (Lipinski definition) is 1. The zero-order valence-corrected chi connectivity index (χ0v) is 13.4. The predicted molar refractivity (Wildman–Crippen MR) is 73.7 cm³/mol. The fraction of sp³-hybridized carbons (Fsp3) is 0.533. The van der Waals surface area contributed by atoms with Crippen LogP contribution in [0.4, 0.5) is 5.69 Å². The number of hydrogen-bond donors (Lipinski definition) is 1. The van der Waals surface area contributed by atoms with Gasteiger partial charge in [0.1, 0.15) is 0 Å². The van der Waals surface area contributed by atoms with E-state index in [0.29, 0.717) is 11.8 Å². The normalized spacial score (nSPS) is 11.2. The molecule has 0 atom stereocenters. The van der Waals surface area contributed by atoms with Gasteiger partial charge in [-0.05, 0) is 0 Å². The fourth-order valence-electron chi connectivity index (χ4n) is 2.09. The number of anilines is 1. The molecule has 1 rings (SSSR count). The molecule has 2 heteroatoms. The summed E-state index contributed by atoms with van der Waals surface area (Å²) in [4.78, 5) is 0. The standard InChI is InChI=1S/C15H23N.Ti/c1-7-16-15-13(10(2)3)8-12(6)9-14(15)11(4)5;/h8-11,16H,1-6H3;/q;+2. The van der Waals surface area contributed by atoms with Crippen LogP contribution in [0.5, 0.6) is 0 Å². The minimum atomic E-state index is 0.550. The van der Waals surface area contributed by atoms with E-state index in [4.69, 9.17) is 0 Å². The summed E-state index contributed by atoms with van der Waals surface area (Å²) in [7, 11) is 0. The van der Waals surface area contributed by atoms with E-state index in [1.165, 1.54) is 26.3 Å². The van der Waals surface area contributed by atoms with E-state index in [1.54, 1.807) is 0 Å². The van der Waals surface area contributed by atoms with E-state index in [9.17, 15) is 0 Å². The summed E-state index contributed by atoms with van der Waals surface area (Å²) in [6, 6.07) is 4.61. The third-order valence-electron chi connectivity index (χ3n) is 2.90. The molecule has 1 aromatic carbocycles. The Morgan fingerprint density at radius 2 is 1.47 bits per heavy atom. The molecule has 0 aromatic heterocycles. The van der Waals surface area contributed by atoms with E-state index in [2.05, 4.69) is 79.0 Å². The van der Waals surface area contributed by atoms with Crippen molar-refractivity contribution in [3.05, 3.63) is 28.8 Å². The molecule has 0 radical (unpaired) electrons. The molecule has 1 aromatic rings. The summed E-state index contributed by atoms with van der Waals surface area (Å²) in [6.45, 7) is 13.3. The number of aryl methyl sites for hydroxylation is 1. The molecule has 1 N–H and O–H groups in total. The van der Waals surface area contributed by atoms with E-state index in [-0.39, 0.29) is 0 Å². The van der Waals surface area contributed by atoms with Crippen LogP contribution in [-0.2, 0) is 20.0 Å². The Bertz CT molecular complexity index is 390. The van der Waals surface area contributed by atoms with Crippen LogP contribution in [-0.4, -0.2) is 3.94 Å². The van der Waals surface area contributed by atoms with Crippen LogP contribution >= 0.6 is 0 Å². The van der Waals surface area contributed by atoms with Crippen LogP contribution < -0.4 is 5.32 Å². The molecule has 0 aliphatic rings. The Balaban J connectivity index is 3.41. The molecule has 0 amide bonds. The first-order valence-corrected chi connectivity index (χ1v) is 7.07. The summed E-state index contributed by atoms with van der Waals surface area (Å²) in [5.41, 5.74) is 5.53. The van der Waals surface area contributed by atoms with Crippen molar-refractivity contribution in [3.8, 4) is 0 Å². The third kappa shape index (κ3) is 3.79. The number of nitrogens with one attached hydrogen (secondary N) is 1. The first kappa shape index (κ1) is 14.7. The van der Waals surface area contributed by atoms with Crippen molar-refractivity contribution >= 4 is 9.62 Å². The second kappa shape index (κ2) is 5.97. The molecular weight excluding hydrogens is 242 g/mol. The molecule has 0 unspecified atom stereocenters. The summed E-state index contributed by atoms with van der Waals surface area (Å²) in [6.07, 6.45) is 0. The van der Waals surface area contributed by atoms with Crippen LogP contribution in [0, 0.1) is 6.92 Å². The van der Waals surface area contributed by atoms with Crippen molar-refractivity contribution in [2.75, 3.05) is 5.32 Å². The van der Waals surface area contributed by atoms with Gasteiger partial charge in [-0.1, -0.05) is 0 Å². The molecule has 0 heterocycles. The first-order valence-electron chi connectivity index (χ1n) is 6.29. The number of rotatable bonds is 4. The fourth-order valence-corrected chi connectivity index (χ4v) is 2.28. The van der Waals surface area contributed by atoms with Crippen molar-refractivity contribution < 1.29 is 20.0 Å². The Hall–Kier alpha value is -0.396. The van der Waals surface area contributed by atoms with Gasteiger partial charge in [0, 0.05) is 0 Å². The second-order valence-electron chi connectivity index (χ2n) is 5.38. The van der Waals surface area contributed by atoms with Crippen LogP contribution in [0.2, 0.25) is 0 Å². The molecule has 1 nitrogen and oxygen atoms in total. The maximum absolute atomic E-state index is 3.55. The maximum atomic E-state index is 3.55. The van der Waals surface area contributed by atoms with Gasteiger partial charge in [0.2, 0.25) is 0 Å². The average molecular weight is 265 g/mol. The zero-order chi connectivity index (χ0) is 13.2. The second-order valence-corrected chi connectivity index (χ2v) is 6.55. The van der Waals surface area contributed by atoms with Gasteiger partial charge in [-0.15, -0.1) is 0 Å². The molecule has 0 saturated carbocycles. The van der Waals surface area contributed by atoms with Gasteiger partial charge in [-0.3, -0.25) is 0 Å². The summed E-state index contributed by atoms with van der Waals surface area (Å²) >= 11 is 2.12. The zero-order valence-electron chi connectivity index (χ0n) is 11.8. The van der Waals surface area contributed by atoms with Crippen molar-refractivity contribution in [1.82, 2.24) is 0 Å². The van der Waals surface area contributed by atoms with Crippen LogP contribution in [0.25, 0.3) is 0 Å². The van der Waals surface area contributed by atoms with Gasteiger partial charge >= 0.3 is 117 Å². The predicted octanol–water partition coefficient (Wildman–Crippen LogP) is 4.35. The number of benzene rings is 1. The molecule has 0 spiro atoms. The first-order chi connectivity index (χ1) is 7.82. The Morgan fingerprint density at radius 1 is 1.06 bits per heavy atom. The van der Waals surface area contributed by atoms with Gasteiger partial charge < -0.3 is 0 Å². The Labute approximate surface area is 117 Å². The van der Waals surface area contributed by atoms with E-state index in [0.717, 1.165) is 0 Å². The third-order valence-corrected chi connectivity index (χ3v) is 3.10. The molecule has 0 aliphatic carbocycles. The minimum absolute atomic E-state index is 0.550. The van der Waals surface area contributed by atoms with Gasteiger partial charge in [0.15, 0.2) is 0 Å². The van der Waals surface area contributed by atoms with Crippen LogP contribution in [0.1, 0.15) is 63.1 Å². The summed E-state index contributed by atoms with van der Waals surface area (Å²) in [5.74, 6) is 1.10. The monoisotopic (exact) mass is 265 g/mol. The van der Waals surface area contributed by atoms with E-state index < -0.39 is 0 Å². The Morgan fingerprint density at radius 3 is 1.76 bits per heavy atom. The molecule has 0 bridgehead atoms. The van der Waals surface area contributed by atoms with Gasteiger partial charge in [0.25, 0.3) is 0 Å². The Kier molecular flexibility index (Phi) is 5.15. The van der Waals surface area contributed by atoms with Gasteiger partial charge in [-0.25, -0.2) is 0 Å². The molecule has 0 saturated heterocycles. The van der Waals surface area contributed by atoms with Crippen molar-refractivity contribution in [2.45, 2.75) is 53.4 Å². The molecule has 0 fully saturated rings. The summed E-state index contributed by atoms with van der Waals surface area (Å²) in [5, 5.41) is 3.55. The molecular formula is C15H23NTi+2. The van der Waals surface area contributed by atoms with Crippen LogP contribution in [0.15, 0.2) is 12.1 Å². The topological polar surface area (TPSA) is 12.0 Å².